The molecule has 0 amide bonds. The van der Waals surface area contributed by atoms with Gasteiger partial charge < -0.3 is 15.5 Å². The molecule has 0 saturated heterocycles. The summed E-state index contributed by atoms with van der Waals surface area (Å²) in [6, 6.07) is 6.63. The van der Waals surface area contributed by atoms with E-state index in [-0.39, 0.29) is 5.82 Å². The fraction of sp³-hybridized carbons (Fsp3) is 0.562. The van der Waals surface area contributed by atoms with Crippen LogP contribution >= 0.6 is 0 Å². The molecule has 0 saturated carbocycles. The molecule has 0 spiro atoms. The summed E-state index contributed by atoms with van der Waals surface area (Å²) in [4.78, 5) is 6.70. The molecule has 0 aliphatic rings. The van der Waals surface area contributed by atoms with Gasteiger partial charge in [-0.15, -0.1) is 0 Å². The standard InChI is InChI=1S/C16H27FN4/c1-4-18-16(19-11-5-13-21(2)3)20-12-10-14-6-8-15(17)9-7-14/h6-9H,4-5,10-13H2,1-3H3,(H2,18,19,20). The van der Waals surface area contributed by atoms with Crippen molar-refractivity contribution in [2.24, 2.45) is 4.99 Å². The molecule has 118 valence electrons. The van der Waals surface area contributed by atoms with Crippen molar-refractivity contribution in [1.82, 2.24) is 15.5 Å². The summed E-state index contributed by atoms with van der Waals surface area (Å²) in [5.74, 6) is 0.654. The quantitative estimate of drug-likeness (QED) is 0.437. The lowest BCUT2D eigenvalue weighted by Crippen LogP contribution is -2.38. The van der Waals surface area contributed by atoms with Gasteiger partial charge >= 0.3 is 0 Å². The van der Waals surface area contributed by atoms with Crippen LogP contribution in [0.1, 0.15) is 18.9 Å². The summed E-state index contributed by atoms with van der Waals surface area (Å²) in [6.45, 7) is 5.53. The average Bonchev–Trinajstić information content (AvgIpc) is 2.45. The summed E-state index contributed by atoms with van der Waals surface area (Å²) in [5, 5.41) is 6.53. The predicted octanol–water partition coefficient (Wildman–Crippen LogP) is 1.88. The smallest absolute Gasteiger partial charge is 0.191 e. The van der Waals surface area contributed by atoms with Gasteiger partial charge in [0.15, 0.2) is 5.96 Å². The van der Waals surface area contributed by atoms with E-state index in [4.69, 9.17) is 0 Å². The Labute approximate surface area is 127 Å². The SMILES string of the molecule is CCNC(=NCCCN(C)C)NCCc1ccc(F)cc1. The van der Waals surface area contributed by atoms with Crippen molar-refractivity contribution in [1.29, 1.82) is 0 Å². The zero-order valence-corrected chi connectivity index (χ0v) is 13.3. The Morgan fingerprint density at radius 1 is 1.19 bits per heavy atom. The van der Waals surface area contributed by atoms with Crippen LogP contribution in [0.3, 0.4) is 0 Å². The van der Waals surface area contributed by atoms with Crippen LogP contribution in [0, 0.1) is 5.82 Å². The van der Waals surface area contributed by atoms with Crippen LogP contribution in [-0.4, -0.2) is 51.1 Å². The average molecular weight is 294 g/mol. The molecule has 4 nitrogen and oxygen atoms in total. The van der Waals surface area contributed by atoms with Gasteiger partial charge in [0.05, 0.1) is 0 Å². The van der Waals surface area contributed by atoms with E-state index in [1.807, 2.05) is 12.1 Å². The second-order valence-electron chi connectivity index (χ2n) is 5.22. The fourth-order valence-electron chi connectivity index (χ4n) is 1.90. The van der Waals surface area contributed by atoms with E-state index in [1.165, 1.54) is 12.1 Å². The first-order chi connectivity index (χ1) is 10.1. The molecule has 1 aromatic carbocycles. The maximum Gasteiger partial charge on any atom is 0.191 e. The van der Waals surface area contributed by atoms with E-state index in [0.29, 0.717) is 0 Å². The zero-order chi connectivity index (χ0) is 15.5. The number of hydrogen-bond donors (Lipinski definition) is 2. The zero-order valence-electron chi connectivity index (χ0n) is 13.3. The number of guanidine groups is 1. The van der Waals surface area contributed by atoms with Crippen molar-refractivity contribution >= 4 is 5.96 Å². The summed E-state index contributed by atoms with van der Waals surface area (Å²) in [6.07, 6.45) is 1.89. The second kappa shape index (κ2) is 10.2. The molecule has 0 aliphatic heterocycles. The van der Waals surface area contributed by atoms with E-state index in [9.17, 15) is 4.39 Å². The van der Waals surface area contributed by atoms with E-state index in [0.717, 1.165) is 50.5 Å². The Kier molecular flexibility index (Phi) is 8.43. The molecule has 0 heterocycles. The number of nitrogens with one attached hydrogen (secondary N) is 2. The number of benzene rings is 1. The fourth-order valence-corrected chi connectivity index (χ4v) is 1.90. The summed E-state index contributed by atoms with van der Waals surface area (Å²) in [7, 11) is 4.13. The first kappa shape index (κ1) is 17.4. The Morgan fingerprint density at radius 3 is 2.52 bits per heavy atom. The largest absolute Gasteiger partial charge is 0.357 e. The molecule has 21 heavy (non-hydrogen) atoms. The maximum atomic E-state index is 12.8. The Bertz CT molecular complexity index is 415. The first-order valence-electron chi connectivity index (χ1n) is 7.53. The van der Waals surface area contributed by atoms with Gasteiger partial charge in [-0.2, -0.15) is 0 Å². The van der Waals surface area contributed by atoms with E-state index < -0.39 is 0 Å². The van der Waals surface area contributed by atoms with E-state index in [2.05, 4.69) is 41.5 Å². The highest BCUT2D eigenvalue weighted by molar-refractivity contribution is 5.79. The molecule has 0 unspecified atom stereocenters. The lowest BCUT2D eigenvalue weighted by molar-refractivity contribution is 0.403. The number of rotatable bonds is 8. The lowest BCUT2D eigenvalue weighted by atomic mass is 10.1. The van der Waals surface area contributed by atoms with Crippen LogP contribution < -0.4 is 10.6 Å². The highest BCUT2D eigenvalue weighted by Crippen LogP contribution is 2.02. The predicted molar refractivity (Wildman–Crippen MR) is 87.3 cm³/mol. The van der Waals surface area contributed by atoms with Crippen LogP contribution in [0.2, 0.25) is 0 Å². The minimum Gasteiger partial charge on any atom is -0.357 e. The minimum absolute atomic E-state index is 0.192. The van der Waals surface area contributed by atoms with Crippen LogP contribution in [-0.2, 0) is 6.42 Å². The molecule has 0 fully saturated rings. The van der Waals surface area contributed by atoms with Crippen molar-refractivity contribution < 1.29 is 4.39 Å². The highest BCUT2D eigenvalue weighted by Gasteiger charge is 1.98. The van der Waals surface area contributed by atoms with E-state index >= 15 is 0 Å². The molecular weight excluding hydrogens is 267 g/mol. The van der Waals surface area contributed by atoms with Gasteiger partial charge in [-0.05, 0) is 58.1 Å². The van der Waals surface area contributed by atoms with Crippen molar-refractivity contribution in [3.63, 3.8) is 0 Å². The highest BCUT2D eigenvalue weighted by atomic mass is 19.1. The van der Waals surface area contributed by atoms with Crippen molar-refractivity contribution in [3.05, 3.63) is 35.6 Å². The molecule has 1 rings (SSSR count). The molecule has 0 aromatic heterocycles. The Morgan fingerprint density at radius 2 is 1.90 bits per heavy atom. The number of nitrogens with zero attached hydrogens (tertiary/aromatic N) is 2. The minimum atomic E-state index is -0.192. The Balaban J connectivity index is 2.32. The number of hydrogen-bond acceptors (Lipinski definition) is 2. The molecular formula is C16H27FN4. The van der Waals surface area contributed by atoms with Crippen molar-refractivity contribution in [2.45, 2.75) is 19.8 Å². The van der Waals surface area contributed by atoms with Crippen molar-refractivity contribution in [2.75, 3.05) is 40.3 Å². The molecule has 0 atom stereocenters. The van der Waals surface area contributed by atoms with Gasteiger partial charge in [-0.1, -0.05) is 12.1 Å². The summed E-state index contributed by atoms with van der Waals surface area (Å²) < 4.78 is 12.8. The molecule has 5 heteroatoms. The normalized spacial score (nSPS) is 11.8. The van der Waals surface area contributed by atoms with E-state index in [1.54, 1.807) is 0 Å². The lowest BCUT2D eigenvalue weighted by Gasteiger charge is -2.12. The van der Waals surface area contributed by atoms with Crippen LogP contribution in [0.25, 0.3) is 0 Å². The van der Waals surface area contributed by atoms with Crippen molar-refractivity contribution in [3.8, 4) is 0 Å². The molecule has 0 aliphatic carbocycles. The third-order valence-corrected chi connectivity index (χ3v) is 3.00. The summed E-state index contributed by atoms with van der Waals surface area (Å²) in [5.41, 5.74) is 1.12. The topological polar surface area (TPSA) is 39.7 Å². The summed E-state index contributed by atoms with van der Waals surface area (Å²) >= 11 is 0. The first-order valence-corrected chi connectivity index (χ1v) is 7.53. The van der Waals surface area contributed by atoms with Gasteiger partial charge in [0.2, 0.25) is 0 Å². The second-order valence-corrected chi connectivity index (χ2v) is 5.22. The van der Waals surface area contributed by atoms with Gasteiger partial charge in [0.1, 0.15) is 5.82 Å². The Hall–Kier alpha value is -1.62. The number of halogens is 1. The van der Waals surface area contributed by atoms with Crippen LogP contribution in [0.15, 0.2) is 29.3 Å². The number of aliphatic imine (C=N–C) groups is 1. The van der Waals surface area contributed by atoms with Gasteiger partial charge in [-0.3, -0.25) is 4.99 Å². The molecule has 0 bridgehead atoms. The van der Waals surface area contributed by atoms with Crippen LogP contribution in [0.4, 0.5) is 4.39 Å². The molecule has 1 aromatic rings. The molecule has 2 N–H and O–H groups in total. The van der Waals surface area contributed by atoms with Crippen LogP contribution in [0.5, 0.6) is 0 Å². The van der Waals surface area contributed by atoms with Gasteiger partial charge in [-0.25, -0.2) is 4.39 Å². The third-order valence-electron chi connectivity index (χ3n) is 3.00. The monoisotopic (exact) mass is 294 g/mol. The maximum absolute atomic E-state index is 12.8. The van der Waals surface area contributed by atoms with Gasteiger partial charge in [0.25, 0.3) is 0 Å². The third kappa shape index (κ3) is 8.30. The van der Waals surface area contributed by atoms with Gasteiger partial charge in [0, 0.05) is 19.6 Å². The molecule has 0 radical (unpaired) electrons.